The summed E-state index contributed by atoms with van der Waals surface area (Å²) in [6.45, 7) is 5.17. The number of aryl methyl sites for hydroxylation is 1. The Morgan fingerprint density at radius 3 is 2.47 bits per heavy atom. The lowest BCUT2D eigenvalue weighted by molar-refractivity contribution is -0.114. The molecule has 3 aromatic rings. The zero-order valence-corrected chi connectivity index (χ0v) is 20.1. The van der Waals surface area contributed by atoms with Crippen molar-refractivity contribution in [3.8, 4) is 0 Å². The van der Waals surface area contributed by atoms with Crippen molar-refractivity contribution >= 4 is 33.2 Å². The first-order valence-electron chi connectivity index (χ1n) is 11.0. The summed E-state index contributed by atoms with van der Waals surface area (Å²) in [5.74, 6) is -0.430. The van der Waals surface area contributed by atoms with E-state index in [0.717, 1.165) is 28.8 Å². The summed E-state index contributed by atoms with van der Waals surface area (Å²) >= 11 is 0. The van der Waals surface area contributed by atoms with Gasteiger partial charge in [-0.05, 0) is 67.3 Å². The maximum absolute atomic E-state index is 13.2. The molecule has 2 N–H and O–H groups in total. The van der Waals surface area contributed by atoms with Gasteiger partial charge in [-0.2, -0.15) is 0 Å². The molecule has 0 saturated heterocycles. The lowest BCUT2D eigenvalue weighted by atomic mass is 10.1. The minimum absolute atomic E-state index is 0.00200. The van der Waals surface area contributed by atoms with Gasteiger partial charge in [-0.25, -0.2) is 13.1 Å². The Labute approximate surface area is 199 Å². The van der Waals surface area contributed by atoms with Crippen LogP contribution in [0, 0.1) is 6.92 Å². The molecule has 0 spiro atoms. The highest BCUT2D eigenvalue weighted by Crippen LogP contribution is 2.34. The Morgan fingerprint density at radius 1 is 1.03 bits per heavy atom. The molecule has 0 aromatic heterocycles. The second-order valence-corrected chi connectivity index (χ2v) is 10.3. The molecule has 0 radical (unpaired) electrons. The zero-order chi connectivity index (χ0) is 24.5. The van der Waals surface area contributed by atoms with Gasteiger partial charge in [0.15, 0.2) is 0 Å². The highest BCUT2D eigenvalue weighted by Gasteiger charge is 2.31. The molecule has 2 amide bonds. The first-order chi connectivity index (χ1) is 16.2. The molecule has 0 bridgehead atoms. The van der Waals surface area contributed by atoms with Crippen molar-refractivity contribution in [3.63, 3.8) is 0 Å². The van der Waals surface area contributed by atoms with Crippen LogP contribution in [0.4, 0.5) is 11.4 Å². The van der Waals surface area contributed by atoms with E-state index in [1.807, 2.05) is 43.3 Å². The van der Waals surface area contributed by atoms with Crippen molar-refractivity contribution in [2.75, 3.05) is 10.2 Å². The topological polar surface area (TPSA) is 95.6 Å². The SMILES string of the molecule is CC(=O)Nc1ccc(C)cc1S(=O)(=O)NCc1ccc2c(c1)N(C(=O)c1ccccc1)C(C)C2. The molecule has 0 saturated carbocycles. The number of benzene rings is 3. The molecule has 0 fully saturated rings. The summed E-state index contributed by atoms with van der Waals surface area (Å²) < 4.78 is 28.8. The second-order valence-electron chi connectivity index (χ2n) is 8.56. The standard InChI is InChI=1S/C26H27N3O4S/c1-17-9-12-23(28-19(3)30)25(13-17)34(32,33)27-16-20-10-11-22-14-18(2)29(24(22)15-20)26(31)21-7-5-4-6-8-21/h4-13,15,18,27H,14,16H2,1-3H3,(H,28,30). The van der Waals surface area contributed by atoms with Crippen LogP contribution < -0.4 is 14.9 Å². The Kier molecular flexibility index (Phi) is 6.54. The van der Waals surface area contributed by atoms with Gasteiger partial charge in [0, 0.05) is 30.8 Å². The molecule has 0 aliphatic carbocycles. The minimum Gasteiger partial charge on any atom is -0.325 e. The smallest absolute Gasteiger partial charge is 0.258 e. The van der Waals surface area contributed by atoms with Gasteiger partial charge in [0.1, 0.15) is 4.90 Å². The van der Waals surface area contributed by atoms with E-state index in [-0.39, 0.29) is 35.0 Å². The zero-order valence-electron chi connectivity index (χ0n) is 19.3. The van der Waals surface area contributed by atoms with E-state index in [1.165, 1.54) is 13.0 Å². The third-order valence-electron chi connectivity index (χ3n) is 5.81. The van der Waals surface area contributed by atoms with Crippen molar-refractivity contribution in [3.05, 3.63) is 89.0 Å². The molecular formula is C26H27N3O4S. The molecule has 34 heavy (non-hydrogen) atoms. The summed E-state index contributed by atoms with van der Waals surface area (Å²) in [5, 5.41) is 2.58. The number of carbonyl (C=O) groups is 2. The molecule has 1 atom stereocenters. The molecule has 1 heterocycles. The molecule has 4 rings (SSSR count). The van der Waals surface area contributed by atoms with Crippen LogP contribution in [0.2, 0.25) is 0 Å². The fourth-order valence-corrected chi connectivity index (χ4v) is 5.46. The number of rotatable bonds is 6. The number of carbonyl (C=O) groups excluding carboxylic acids is 2. The summed E-state index contributed by atoms with van der Waals surface area (Å²) in [7, 11) is -3.90. The van der Waals surface area contributed by atoms with E-state index in [4.69, 9.17) is 0 Å². The average Bonchev–Trinajstić information content (AvgIpc) is 3.13. The van der Waals surface area contributed by atoms with Gasteiger partial charge in [-0.15, -0.1) is 0 Å². The van der Waals surface area contributed by atoms with Crippen LogP contribution in [0.15, 0.2) is 71.6 Å². The van der Waals surface area contributed by atoms with E-state index in [1.54, 1.807) is 36.1 Å². The molecule has 176 valence electrons. The van der Waals surface area contributed by atoms with Crippen LogP contribution >= 0.6 is 0 Å². The van der Waals surface area contributed by atoms with Crippen molar-refractivity contribution < 1.29 is 18.0 Å². The molecule has 1 unspecified atom stereocenters. The number of fused-ring (bicyclic) bond motifs is 1. The Morgan fingerprint density at radius 2 is 1.76 bits per heavy atom. The maximum Gasteiger partial charge on any atom is 0.258 e. The summed E-state index contributed by atoms with van der Waals surface area (Å²) in [4.78, 5) is 26.5. The van der Waals surface area contributed by atoms with E-state index in [2.05, 4.69) is 10.0 Å². The number of sulfonamides is 1. The van der Waals surface area contributed by atoms with Gasteiger partial charge in [0.05, 0.1) is 5.69 Å². The number of nitrogens with one attached hydrogen (secondary N) is 2. The van der Waals surface area contributed by atoms with Gasteiger partial charge in [-0.1, -0.05) is 36.4 Å². The average molecular weight is 478 g/mol. The summed E-state index contributed by atoms with van der Waals surface area (Å²) in [5.41, 5.74) is 4.18. The highest BCUT2D eigenvalue weighted by molar-refractivity contribution is 7.89. The van der Waals surface area contributed by atoms with Crippen LogP contribution in [0.1, 0.15) is 40.9 Å². The molecule has 1 aliphatic rings. The van der Waals surface area contributed by atoms with E-state index >= 15 is 0 Å². The van der Waals surface area contributed by atoms with Gasteiger partial charge in [-0.3, -0.25) is 9.59 Å². The number of hydrogen-bond donors (Lipinski definition) is 2. The molecular weight excluding hydrogens is 450 g/mol. The third-order valence-corrected chi connectivity index (χ3v) is 7.25. The Hall–Kier alpha value is -3.49. The van der Waals surface area contributed by atoms with Crippen molar-refractivity contribution in [1.82, 2.24) is 4.72 Å². The number of nitrogens with zero attached hydrogens (tertiary/aromatic N) is 1. The predicted molar refractivity (Wildman–Crippen MR) is 132 cm³/mol. The van der Waals surface area contributed by atoms with Gasteiger partial charge >= 0.3 is 0 Å². The lowest BCUT2D eigenvalue weighted by Crippen LogP contribution is -2.35. The van der Waals surface area contributed by atoms with E-state index in [9.17, 15) is 18.0 Å². The molecule has 3 aromatic carbocycles. The number of amides is 2. The second kappa shape index (κ2) is 9.40. The number of anilines is 2. The summed E-state index contributed by atoms with van der Waals surface area (Å²) in [6.07, 6.45) is 0.739. The van der Waals surface area contributed by atoms with Crippen LogP contribution in [-0.2, 0) is 27.8 Å². The lowest BCUT2D eigenvalue weighted by Gasteiger charge is -2.23. The Balaban J connectivity index is 1.58. The Bertz CT molecular complexity index is 1350. The monoisotopic (exact) mass is 477 g/mol. The third kappa shape index (κ3) is 4.88. The van der Waals surface area contributed by atoms with Gasteiger partial charge in [0.2, 0.25) is 15.9 Å². The van der Waals surface area contributed by atoms with Crippen LogP contribution in [0.5, 0.6) is 0 Å². The fraction of sp³-hybridized carbons (Fsp3) is 0.231. The fourth-order valence-electron chi connectivity index (χ4n) is 4.19. The van der Waals surface area contributed by atoms with Crippen LogP contribution in [0.25, 0.3) is 0 Å². The van der Waals surface area contributed by atoms with Crippen LogP contribution in [-0.4, -0.2) is 26.3 Å². The van der Waals surface area contributed by atoms with E-state index < -0.39 is 10.0 Å². The van der Waals surface area contributed by atoms with Crippen LogP contribution in [0.3, 0.4) is 0 Å². The van der Waals surface area contributed by atoms with Crippen molar-refractivity contribution in [2.45, 2.75) is 44.7 Å². The van der Waals surface area contributed by atoms with E-state index in [0.29, 0.717) is 5.56 Å². The largest absolute Gasteiger partial charge is 0.325 e. The molecule has 8 heteroatoms. The number of hydrogen-bond acceptors (Lipinski definition) is 4. The first kappa shape index (κ1) is 23.7. The summed E-state index contributed by atoms with van der Waals surface area (Å²) in [6, 6.07) is 19.7. The van der Waals surface area contributed by atoms with Crippen molar-refractivity contribution in [1.29, 1.82) is 0 Å². The first-order valence-corrected chi connectivity index (χ1v) is 12.5. The molecule has 1 aliphatic heterocycles. The maximum atomic E-state index is 13.2. The highest BCUT2D eigenvalue weighted by atomic mass is 32.2. The normalized spacial score (nSPS) is 15.1. The quantitative estimate of drug-likeness (QED) is 0.561. The molecule has 7 nitrogen and oxygen atoms in total. The van der Waals surface area contributed by atoms with Gasteiger partial charge < -0.3 is 10.2 Å². The van der Waals surface area contributed by atoms with Gasteiger partial charge in [0.25, 0.3) is 5.91 Å². The minimum atomic E-state index is -3.90. The van der Waals surface area contributed by atoms with Crippen molar-refractivity contribution in [2.24, 2.45) is 0 Å². The predicted octanol–water partition coefficient (Wildman–Crippen LogP) is 4.02.